The van der Waals surface area contributed by atoms with Crippen molar-refractivity contribution in [2.24, 2.45) is 0 Å². The van der Waals surface area contributed by atoms with Gasteiger partial charge in [0, 0.05) is 17.8 Å². The lowest BCUT2D eigenvalue weighted by molar-refractivity contribution is -0.137. The Morgan fingerprint density at radius 3 is 2.74 bits per heavy atom. The summed E-state index contributed by atoms with van der Waals surface area (Å²) in [5.74, 6) is -0.163. The zero-order chi connectivity index (χ0) is 19.0. The summed E-state index contributed by atoms with van der Waals surface area (Å²) in [6, 6.07) is 12.3. The van der Waals surface area contributed by atoms with E-state index in [0.717, 1.165) is 34.6 Å². The number of hydrogen-bond donors (Lipinski definition) is 0. The zero-order valence-electron chi connectivity index (χ0n) is 14.0. The summed E-state index contributed by atoms with van der Waals surface area (Å²) in [5, 5.41) is 11.6. The summed E-state index contributed by atoms with van der Waals surface area (Å²) < 4.78 is 38.5. The largest absolute Gasteiger partial charge is 0.416 e. The van der Waals surface area contributed by atoms with Crippen molar-refractivity contribution in [3.8, 4) is 11.4 Å². The van der Waals surface area contributed by atoms with Crippen molar-refractivity contribution >= 4 is 11.6 Å². The number of rotatable bonds is 3. The highest BCUT2D eigenvalue weighted by Gasteiger charge is 2.31. The van der Waals surface area contributed by atoms with Gasteiger partial charge in [0.2, 0.25) is 5.82 Å². The third kappa shape index (κ3) is 3.40. The molecule has 0 aliphatic carbocycles. The van der Waals surface area contributed by atoms with Crippen LogP contribution in [0.2, 0.25) is 0 Å². The number of carbonyl (C=O) groups is 1. The number of fused-ring (bicyclic) bond motifs is 1. The molecule has 6 nitrogen and oxygen atoms in total. The monoisotopic (exact) mass is 373 g/mol. The third-order valence-corrected chi connectivity index (χ3v) is 4.37. The molecule has 27 heavy (non-hydrogen) atoms. The Bertz CT molecular complexity index is 998. The quantitative estimate of drug-likeness (QED) is 0.708. The molecule has 4 rings (SSSR count). The minimum atomic E-state index is -4.45. The van der Waals surface area contributed by atoms with Crippen LogP contribution in [0.1, 0.15) is 11.1 Å². The first-order valence-electron chi connectivity index (χ1n) is 8.25. The van der Waals surface area contributed by atoms with E-state index in [0.29, 0.717) is 6.54 Å². The average Bonchev–Trinajstić information content (AvgIpc) is 3.28. The zero-order valence-corrected chi connectivity index (χ0v) is 14.0. The Kier molecular flexibility index (Phi) is 4.14. The third-order valence-electron chi connectivity index (χ3n) is 4.37. The first kappa shape index (κ1) is 17.2. The van der Waals surface area contributed by atoms with Crippen LogP contribution < -0.4 is 4.90 Å². The van der Waals surface area contributed by atoms with Gasteiger partial charge >= 0.3 is 6.18 Å². The van der Waals surface area contributed by atoms with E-state index in [1.807, 2.05) is 24.3 Å². The summed E-state index contributed by atoms with van der Waals surface area (Å²) in [6.45, 7) is 0.438. The van der Waals surface area contributed by atoms with E-state index >= 15 is 0 Å². The van der Waals surface area contributed by atoms with Crippen LogP contribution in [0, 0.1) is 0 Å². The van der Waals surface area contributed by atoms with Crippen molar-refractivity contribution in [1.82, 2.24) is 20.2 Å². The van der Waals surface area contributed by atoms with Gasteiger partial charge in [-0.1, -0.05) is 30.3 Å². The molecule has 138 valence electrons. The van der Waals surface area contributed by atoms with Crippen molar-refractivity contribution in [2.75, 3.05) is 11.4 Å². The van der Waals surface area contributed by atoms with Gasteiger partial charge in [0.05, 0.1) is 5.56 Å². The fraction of sp³-hybridized carbons (Fsp3) is 0.222. The number of amides is 1. The Hall–Kier alpha value is -3.23. The maximum atomic E-state index is 12.8. The highest BCUT2D eigenvalue weighted by molar-refractivity contribution is 5.95. The summed E-state index contributed by atoms with van der Waals surface area (Å²) >= 11 is 0. The van der Waals surface area contributed by atoms with Crippen LogP contribution in [-0.4, -0.2) is 32.7 Å². The van der Waals surface area contributed by atoms with E-state index < -0.39 is 11.7 Å². The summed E-state index contributed by atoms with van der Waals surface area (Å²) in [6.07, 6.45) is -3.67. The standard InChI is InChI=1S/C18H14F3N5O/c19-18(20,21)14-6-3-5-13(10-14)17-22-24-26(23-17)11-16(27)25-9-8-12-4-1-2-7-15(12)25/h1-7,10H,8-9,11H2. The van der Waals surface area contributed by atoms with Gasteiger partial charge in [-0.05, 0) is 35.4 Å². The van der Waals surface area contributed by atoms with Gasteiger partial charge in [-0.15, -0.1) is 10.2 Å². The first-order chi connectivity index (χ1) is 12.9. The molecule has 2 aromatic carbocycles. The van der Waals surface area contributed by atoms with Gasteiger partial charge < -0.3 is 4.90 Å². The van der Waals surface area contributed by atoms with Gasteiger partial charge in [0.25, 0.3) is 5.91 Å². The molecule has 1 aliphatic rings. The van der Waals surface area contributed by atoms with Crippen molar-refractivity contribution < 1.29 is 18.0 Å². The smallest absolute Gasteiger partial charge is 0.310 e. The molecule has 0 saturated carbocycles. The molecule has 9 heteroatoms. The van der Waals surface area contributed by atoms with Crippen LogP contribution in [0.25, 0.3) is 11.4 Å². The van der Waals surface area contributed by atoms with E-state index in [1.54, 1.807) is 4.90 Å². The maximum absolute atomic E-state index is 12.8. The van der Waals surface area contributed by atoms with Gasteiger partial charge in [-0.25, -0.2) is 0 Å². The second-order valence-electron chi connectivity index (χ2n) is 6.15. The minimum absolute atomic E-state index is 0.0377. The first-order valence-corrected chi connectivity index (χ1v) is 8.25. The fourth-order valence-electron chi connectivity index (χ4n) is 3.06. The summed E-state index contributed by atoms with van der Waals surface area (Å²) in [4.78, 5) is 15.3. The van der Waals surface area contributed by atoms with Crippen LogP contribution in [0.5, 0.6) is 0 Å². The van der Waals surface area contributed by atoms with Crippen molar-refractivity contribution in [3.63, 3.8) is 0 Å². The second-order valence-corrected chi connectivity index (χ2v) is 6.15. The highest BCUT2D eigenvalue weighted by Crippen LogP contribution is 2.31. The summed E-state index contributed by atoms with van der Waals surface area (Å²) in [7, 11) is 0. The molecule has 0 N–H and O–H groups in total. The van der Waals surface area contributed by atoms with E-state index in [1.165, 1.54) is 12.1 Å². The topological polar surface area (TPSA) is 63.9 Å². The van der Waals surface area contributed by atoms with Crippen molar-refractivity contribution in [1.29, 1.82) is 0 Å². The molecule has 0 atom stereocenters. The van der Waals surface area contributed by atoms with Crippen LogP contribution in [0.15, 0.2) is 48.5 Å². The van der Waals surface area contributed by atoms with Gasteiger partial charge in [0.1, 0.15) is 6.54 Å². The predicted octanol–water partition coefficient (Wildman–Crippen LogP) is 2.95. The number of para-hydroxylation sites is 1. The summed E-state index contributed by atoms with van der Waals surface area (Å²) in [5.41, 5.74) is 1.36. The van der Waals surface area contributed by atoms with Crippen LogP contribution in [0.3, 0.4) is 0 Å². The average molecular weight is 373 g/mol. The van der Waals surface area contributed by atoms with E-state index in [-0.39, 0.29) is 23.8 Å². The lowest BCUT2D eigenvalue weighted by Gasteiger charge is -2.16. The molecule has 1 amide bonds. The number of tetrazole rings is 1. The molecule has 0 spiro atoms. The number of anilines is 1. The minimum Gasteiger partial charge on any atom is -0.310 e. The van der Waals surface area contributed by atoms with Crippen LogP contribution >= 0.6 is 0 Å². The predicted molar refractivity (Wildman–Crippen MR) is 90.8 cm³/mol. The molecule has 0 unspecified atom stereocenters. The Morgan fingerprint density at radius 1 is 1.11 bits per heavy atom. The Labute approximate surface area is 152 Å². The lowest BCUT2D eigenvalue weighted by Crippen LogP contribution is -2.32. The van der Waals surface area contributed by atoms with E-state index in [9.17, 15) is 18.0 Å². The number of carbonyl (C=O) groups excluding carboxylic acids is 1. The number of alkyl halides is 3. The molecule has 2 heterocycles. The molecule has 0 bridgehead atoms. The number of halogens is 3. The second kappa shape index (κ2) is 6.49. The van der Waals surface area contributed by atoms with Crippen LogP contribution in [-0.2, 0) is 23.9 Å². The molecule has 0 fully saturated rings. The van der Waals surface area contributed by atoms with Crippen molar-refractivity contribution in [2.45, 2.75) is 19.1 Å². The molecular weight excluding hydrogens is 359 g/mol. The maximum Gasteiger partial charge on any atom is 0.416 e. The highest BCUT2D eigenvalue weighted by atomic mass is 19.4. The SMILES string of the molecule is O=C(Cn1nnc(-c2cccc(C(F)(F)F)c2)n1)N1CCc2ccccc21. The Morgan fingerprint density at radius 2 is 1.93 bits per heavy atom. The number of aromatic nitrogens is 4. The van der Waals surface area contributed by atoms with Crippen LogP contribution in [0.4, 0.5) is 18.9 Å². The lowest BCUT2D eigenvalue weighted by atomic mass is 10.1. The Balaban J connectivity index is 1.52. The van der Waals surface area contributed by atoms with E-state index in [2.05, 4.69) is 15.4 Å². The molecule has 0 radical (unpaired) electrons. The van der Waals surface area contributed by atoms with Gasteiger partial charge in [-0.2, -0.15) is 18.0 Å². The van der Waals surface area contributed by atoms with E-state index in [4.69, 9.17) is 0 Å². The molecule has 0 saturated heterocycles. The van der Waals surface area contributed by atoms with Crippen molar-refractivity contribution in [3.05, 3.63) is 59.7 Å². The normalized spacial score (nSPS) is 13.7. The molecular formula is C18H14F3N5O. The fourth-order valence-corrected chi connectivity index (χ4v) is 3.06. The van der Waals surface area contributed by atoms with Gasteiger partial charge in [-0.3, -0.25) is 4.79 Å². The van der Waals surface area contributed by atoms with Gasteiger partial charge in [0.15, 0.2) is 0 Å². The molecule has 1 aromatic heterocycles. The number of hydrogen-bond acceptors (Lipinski definition) is 4. The molecule has 3 aromatic rings. The number of benzene rings is 2. The molecule has 1 aliphatic heterocycles. The number of nitrogens with zero attached hydrogens (tertiary/aromatic N) is 5.